The van der Waals surface area contributed by atoms with Crippen LogP contribution in [0.3, 0.4) is 0 Å². The second kappa shape index (κ2) is 7.94. The Morgan fingerprint density at radius 1 is 1.26 bits per heavy atom. The average molecular weight is 425 g/mol. The SMILES string of the molecule is CN1NC=CC2=CC(N3CCCc4cc(-c5cnn(C)c5)c(C(F)F)cc43)=CCC2O1. The second-order valence-corrected chi connectivity index (χ2v) is 8.09. The molecule has 0 fully saturated rings. The van der Waals surface area contributed by atoms with Gasteiger partial charge in [0.15, 0.2) is 0 Å². The first-order chi connectivity index (χ1) is 15.0. The van der Waals surface area contributed by atoms with Gasteiger partial charge in [-0.05, 0) is 53.8 Å². The number of rotatable bonds is 3. The average Bonchev–Trinajstić information content (AvgIpc) is 3.10. The van der Waals surface area contributed by atoms with Crippen LogP contribution in [0.4, 0.5) is 14.5 Å². The summed E-state index contributed by atoms with van der Waals surface area (Å²) < 4.78 is 29.7. The number of benzene rings is 1. The maximum atomic E-state index is 14.1. The van der Waals surface area contributed by atoms with Crippen molar-refractivity contribution in [3.8, 4) is 11.1 Å². The number of hydroxylamine groups is 1. The Labute approximate surface area is 180 Å². The summed E-state index contributed by atoms with van der Waals surface area (Å²) in [4.78, 5) is 8.02. The van der Waals surface area contributed by atoms with Crippen LogP contribution in [0, 0.1) is 0 Å². The normalized spacial score (nSPS) is 21.2. The van der Waals surface area contributed by atoms with Crippen molar-refractivity contribution in [2.75, 3.05) is 18.5 Å². The molecule has 2 aromatic rings. The van der Waals surface area contributed by atoms with E-state index in [-0.39, 0.29) is 11.7 Å². The molecule has 3 aliphatic rings. The minimum absolute atomic E-state index is 0.0455. The molecular weight excluding hydrogens is 400 g/mol. The molecule has 1 aromatic heterocycles. The van der Waals surface area contributed by atoms with E-state index in [2.05, 4.69) is 27.6 Å². The highest BCUT2D eigenvalue weighted by Crippen LogP contribution is 2.41. The topological polar surface area (TPSA) is 45.6 Å². The highest BCUT2D eigenvalue weighted by Gasteiger charge is 2.28. The van der Waals surface area contributed by atoms with Gasteiger partial charge in [-0.1, -0.05) is 6.08 Å². The molecule has 1 N–H and O–H groups in total. The lowest BCUT2D eigenvalue weighted by Gasteiger charge is -2.35. The molecule has 0 bridgehead atoms. The van der Waals surface area contributed by atoms with Crippen molar-refractivity contribution in [1.82, 2.24) is 20.4 Å². The molecule has 8 heteroatoms. The van der Waals surface area contributed by atoms with Crippen molar-refractivity contribution in [1.29, 1.82) is 0 Å². The van der Waals surface area contributed by atoms with E-state index >= 15 is 0 Å². The Bertz CT molecular complexity index is 1090. The number of halogens is 2. The fourth-order valence-corrected chi connectivity index (χ4v) is 4.50. The van der Waals surface area contributed by atoms with Gasteiger partial charge in [-0.25, -0.2) is 8.78 Å². The van der Waals surface area contributed by atoms with Gasteiger partial charge in [-0.15, -0.1) is 5.17 Å². The Kier molecular flexibility index (Phi) is 5.11. The molecule has 5 rings (SSSR count). The van der Waals surface area contributed by atoms with Gasteiger partial charge in [-0.2, -0.15) is 5.10 Å². The van der Waals surface area contributed by atoms with Crippen LogP contribution in [0.15, 0.2) is 60.2 Å². The fourth-order valence-electron chi connectivity index (χ4n) is 4.50. The molecule has 3 heterocycles. The molecule has 162 valence electrons. The highest BCUT2D eigenvalue weighted by atomic mass is 19.3. The van der Waals surface area contributed by atoms with Crippen LogP contribution in [-0.2, 0) is 18.3 Å². The first kappa shape index (κ1) is 20.0. The van der Waals surface area contributed by atoms with Crippen molar-refractivity contribution < 1.29 is 13.6 Å². The largest absolute Gasteiger partial charge is 0.341 e. The number of allylic oxidation sites excluding steroid dienone is 1. The van der Waals surface area contributed by atoms with Crippen molar-refractivity contribution in [3.63, 3.8) is 0 Å². The van der Waals surface area contributed by atoms with E-state index in [9.17, 15) is 8.78 Å². The van der Waals surface area contributed by atoms with E-state index in [0.717, 1.165) is 53.9 Å². The zero-order valence-electron chi connectivity index (χ0n) is 17.6. The van der Waals surface area contributed by atoms with Gasteiger partial charge >= 0.3 is 0 Å². The Hall–Kier alpha value is -2.97. The van der Waals surface area contributed by atoms with Crippen molar-refractivity contribution in [2.45, 2.75) is 31.8 Å². The van der Waals surface area contributed by atoms with E-state index in [0.29, 0.717) is 5.56 Å². The maximum Gasteiger partial charge on any atom is 0.264 e. The molecule has 31 heavy (non-hydrogen) atoms. The molecule has 1 aromatic carbocycles. The summed E-state index contributed by atoms with van der Waals surface area (Å²) >= 11 is 0. The Morgan fingerprint density at radius 3 is 2.90 bits per heavy atom. The molecule has 0 spiro atoms. The van der Waals surface area contributed by atoms with Gasteiger partial charge < -0.3 is 10.3 Å². The lowest BCUT2D eigenvalue weighted by Crippen LogP contribution is -2.34. The molecule has 1 unspecified atom stereocenters. The van der Waals surface area contributed by atoms with Crippen molar-refractivity contribution >= 4 is 5.69 Å². The molecule has 1 atom stereocenters. The molecular formula is C23H25F2N5O. The number of hydrogen-bond donors (Lipinski definition) is 1. The van der Waals surface area contributed by atoms with E-state index in [4.69, 9.17) is 4.84 Å². The van der Waals surface area contributed by atoms with Crippen LogP contribution >= 0.6 is 0 Å². The van der Waals surface area contributed by atoms with Crippen LogP contribution < -0.4 is 10.3 Å². The van der Waals surface area contributed by atoms with Crippen LogP contribution in [-0.4, -0.2) is 34.6 Å². The Balaban J connectivity index is 1.54. The third kappa shape index (κ3) is 3.77. The van der Waals surface area contributed by atoms with E-state index in [1.54, 1.807) is 35.4 Å². The summed E-state index contributed by atoms with van der Waals surface area (Å²) in [6, 6.07) is 3.59. The van der Waals surface area contributed by atoms with Gasteiger partial charge in [0.2, 0.25) is 0 Å². The third-order valence-corrected chi connectivity index (χ3v) is 5.98. The van der Waals surface area contributed by atoms with Crippen LogP contribution in [0.25, 0.3) is 11.1 Å². The van der Waals surface area contributed by atoms with Gasteiger partial charge in [0.25, 0.3) is 6.43 Å². The van der Waals surface area contributed by atoms with E-state index in [1.165, 1.54) is 0 Å². The van der Waals surface area contributed by atoms with Crippen molar-refractivity contribution in [2.24, 2.45) is 7.05 Å². The van der Waals surface area contributed by atoms with Gasteiger partial charge in [0, 0.05) is 62.0 Å². The van der Waals surface area contributed by atoms with Gasteiger partial charge in [0.1, 0.15) is 6.10 Å². The quantitative estimate of drug-likeness (QED) is 0.797. The zero-order valence-corrected chi connectivity index (χ0v) is 17.6. The number of hydrogen-bond acceptors (Lipinski definition) is 5. The number of nitrogens with one attached hydrogen (secondary N) is 1. The number of hydrazine groups is 1. The summed E-state index contributed by atoms with van der Waals surface area (Å²) in [6.45, 7) is 0.797. The summed E-state index contributed by atoms with van der Waals surface area (Å²) in [5.41, 5.74) is 8.38. The molecule has 6 nitrogen and oxygen atoms in total. The number of anilines is 1. The van der Waals surface area contributed by atoms with Gasteiger partial charge in [0.05, 0.1) is 6.20 Å². The van der Waals surface area contributed by atoms with E-state index < -0.39 is 6.43 Å². The minimum atomic E-state index is -2.56. The monoisotopic (exact) mass is 425 g/mol. The smallest absolute Gasteiger partial charge is 0.264 e. The zero-order chi connectivity index (χ0) is 21.5. The number of aromatic nitrogens is 2. The van der Waals surface area contributed by atoms with Crippen molar-refractivity contribution in [3.05, 3.63) is 71.4 Å². The third-order valence-electron chi connectivity index (χ3n) is 5.98. The lowest BCUT2D eigenvalue weighted by atomic mass is 9.91. The van der Waals surface area contributed by atoms with Gasteiger partial charge in [-0.3, -0.25) is 9.52 Å². The first-order valence-electron chi connectivity index (χ1n) is 10.5. The lowest BCUT2D eigenvalue weighted by molar-refractivity contribution is -0.190. The fraction of sp³-hybridized carbons (Fsp3) is 0.348. The molecule has 0 radical (unpaired) electrons. The molecule has 1 aliphatic carbocycles. The standard InChI is InChI=1S/C23H25F2N5O/c1-28-14-17(13-27-28)19-11-15-4-3-9-30(21(15)12-20(19)23(24)25)18-5-6-22-16(10-18)7-8-26-29(2)31-22/h5,7-8,10-14,22-23,26H,3-4,6,9H2,1-2H3. The highest BCUT2D eigenvalue weighted by molar-refractivity contribution is 5.75. The number of aryl methyl sites for hydroxylation is 2. The van der Waals surface area contributed by atoms with Crippen LogP contribution in [0.5, 0.6) is 0 Å². The molecule has 0 saturated heterocycles. The number of fused-ring (bicyclic) bond motifs is 2. The number of alkyl halides is 2. The molecule has 0 amide bonds. The number of nitrogens with zero attached hydrogens (tertiary/aromatic N) is 4. The minimum Gasteiger partial charge on any atom is -0.341 e. The van der Waals surface area contributed by atoms with Crippen LogP contribution in [0.1, 0.15) is 30.4 Å². The second-order valence-electron chi connectivity index (χ2n) is 8.09. The maximum absolute atomic E-state index is 14.1. The first-order valence-corrected chi connectivity index (χ1v) is 10.5. The predicted octanol–water partition coefficient (Wildman–Crippen LogP) is 4.26. The summed E-state index contributed by atoms with van der Waals surface area (Å²) in [5, 5.41) is 5.75. The predicted molar refractivity (Wildman–Crippen MR) is 115 cm³/mol. The van der Waals surface area contributed by atoms with Crippen LogP contribution in [0.2, 0.25) is 0 Å². The van der Waals surface area contributed by atoms with E-state index in [1.807, 2.05) is 25.4 Å². The Morgan fingerprint density at radius 2 is 2.13 bits per heavy atom. The summed E-state index contributed by atoms with van der Waals surface area (Å²) in [7, 11) is 3.61. The summed E-state index contributed by atoms with van der Waals surface area (Å²) in [5.74, 6) is 0. The molecule has 0 saturated carbocycles. The summed E-state index contributed by atoms with van der Waals surface area (Å²) in [6.07, 6.45) is 11.4. The molecule has 2 aliphatic heterocycles.